The Bertz CT molecular complexity index is 1430. The molecule has 1 aromatic heterocycles. The van der Waals surface area contributed by atoms with Crippen molar-refractivity contribution in [1.29, 1.82) is 0 Å². The van der Waals surface area contributed by atoms with Crippen LogP contribution in [0.4, 0.5) is 0 Å². The summed E-state index contributed by atoms with van der Waals surface area (Å²) in [5.41, 5.74) is 1.28. The average molecular weight is 370 g/mol. The summed E-state index contributed by atoms with van der Waals surface area (Å²) in [5, 5.41) is 1.73. The van der Waals surface area contributed by atoms with Crippen LogP contribution in [0.3, 0.4) is 0 Å². The van der Waals surface area contributed by atoms with E-state index in [1.807, 2.05) is 42.5 Å². The van der Waals surface area contributed by atoms with E-state index in [-0.39, 0.29) is 5.82 Å². The zero-order valence-corrected chi connectivity index (χ0v) is 14.8. The molecule has 2 aliphatic rings. The zero-order chi connectivity index (χ0) is 19.3. The molecule has 28 heavy (non-hydrogen) atoms. The predicted molar refractivity (Wildman–Crippen MR) is 106 cm³/mol. The van der Waals surface area contributed by atoms with Gasteiger partial charge in [0, 0.05) is 16.5 Å². The fraction of sp³-hybridized carbons (Fsp3) is 0.0476. The molecule has 2 aromatic carbocycles. The van der Waals surface area contributed by atoms with E-state index < -0.39 is 11.2 Å². The van der Waals surface area contributed by atoms with Gasteiger partial charge in [-0.25, -0.2) is 9.78 Å². The number of aromatic nitrogens is 4. The Hall–Kier alpha value is -4.00. The van der Waals surface area contributed by atoms with Crippen molar-refractivity contribution in [2.45, 2.75) is 0 Å². The number of benzene rings is 2. The van der Waals surface area contributed by atoms with Gasteiger partial charge in [-0.1, -0.05) is 18.2 Å². The van der Waals surface area contributed by atoms with Gasteiger partial charge < -0.3 is 4.74 Å². The van der Waals surface area contributed by atoms with Gasteiger partial charge >= 0.3 is 5.69 Å². The number of para-hydroxylation sites is 1. The number of pyridine rings is 2. The van der Waals surface area contributed by atoms with E-state index in [9.17, 15) is 9.59 Å². The fourth-order valence-electron chi connectivity index (χ4n) is 3.39. The van der Waals surface area contributed by atoms with Crippen molar-refractivity contribution in [3.63, 3.8) is 0 Å². The molecule has 3 aromatic rings. The van der Waals surface area contributed by atoms with Gasteiger partial charge in [-0.3, -0.25) is 14.3 Å². The van der Waals surface area contributed by atoms with Crippen LogP contribution in [-0.2, 0) is 0 Å². The topological polar surface area (TPSA) is 89.9 Å². The lowest BCUT2D eigenvalue weighted by atomic mass is 10.1. The van der Waals surface area contributed by atoms with Crippen LogP contribution < -0.4 is 16.0 Å². The lowest BCUT2D eigenvalue weighted by Gasteiger charge is -2.17. The molecule has 0 bridgehead atoms. The molecule has 5 rings (SSSR count). The summed E-state index contributed by atoms with van der Waals surface area (Å²) < 4.78 is 6.96. The van der Waals surface area contributed by atoms with Crippen molar-refractivity contribution < 1.29 is 4.74 Å². The number of rotatable bonds is 2. The molecule has 2 aliphatic heterocycles. The minimum atomic E-state index is -0.695. The molecule has 0 unspecified atom stereocenters. The number of ether oxygens (including phenoxy) is 1. The summed E-state index contributed by atoms with van der Waals surface area (Å²) in [5.74, 6) is 0.955. The Balaban J connectivity index is 1.98. The minimum Gasteiger partial charge on any atom is -0.497 e. The molecule has 1 N–H and O–H groups in total. The molecule has 0 radical (unpaired) electrons. The molecule has 0 aliphatic carbocycles. The number of fused-ring (bicyclic) bond motifs is 3. The normalized spacial score (nSPS) is 11.3. The SMILES string of the molecule is COc1ccc(-n2c3nc(=O)[nH]c(=O)c-3cc3cc4ccccc4nc32)cc1. The standard InChI is InChI=1S/C21H14N4O3/c1-28-15-8-6-14(7-9-15)25-18-13(10-12-4-2-3-5-17(12)22-18)11-16-19(25)23-21(27)24-20(16)26/h2-11H,1H3,(H,24,26,27). The Morgan fingerprint density at radius 2 is 1.71 bits per heavy atom. The first-order chi connectivity index (χ1) is 13.6. The van der Waals surface area contributed by atoms with Crippen LogP contribution in [0.15, 0.2) is 70.3 Å². The summed E-state index contributed by atoms with van der Waals surface area (Å²) in [6.45, 7) is 0. The van der Waals surface area contributed by atoms with Crippen LogP contribution in [-0.4, -0.2) is 26.6 Å². The quantitative estimate of drug-likeness (QED) is 0.483. The maximum atomic E-state index is 12.4. The van der Waals surface area contributed by atoms with Gasteiger partial charge in [-0.05, 0) is 42.5 Å². The van der Waals surface area contributed by atoms with Gasteiger partial charge in [0.1, 0.15) is 11.4 Å². The van der Waals surface area contributed by atoms with E-state index in [2.05, 4.69) is 9.97 Å². The molecule has 0 saturated heterocycles. The second-order valence-corrected chi connectivity index (χ2v) is 6.38. The molecular formula is C21H14N4O3. The highest BCUT2D eigenvalue weighted by atomic mass is 16.5. The number of hydrogen-bond acceptors (Lipinski definition) is 5. The summed E-state index contributed by atoms with van der Waals surface area (Å²) in [6, 6.07) is 18.7. The molecule has 0 atom stereocenters. The van der Waals surface area contributed by atoms with Crippen molar-refractivity contribution in [1.82, 2.24) is 19.5 Å². The van der Waals surface area contributed by atoms with Gasteiger partial charge in [0.15, 0.2) is 5.82 Å². The monoisotopic (exact) mass is 370 g/mol. The third-order valence-corrected chi connectivity index (χ3v) is 4.70. The van der Waals surface area contributed by atoms with Crippen LogP contribution in [0.2, 0.25) is 0 Å². The van der Waals surface area contributed by atoms with Crippen molar-refractivity contribution in [3.8, 4) is 22.8 Å². The molecule has 7 nitrogen and oxygen atoms in total. The first-order valence-electron chi connectivity index (χ1n) is 8.64. The number of nitrogens with one attached hydrogen (secondary N) is 1. The molecule has 136 valence electrons. The highest BCUT2D eigenvalue weighted by Gasteiger charge is 2.19. The number of nitrogens with zero attached hydrogens (tertiary/aromatic N) is 3. The van der Waals surface area contributed by atoms with Crippen LogP contribution in [0, 0.1) is 0 Å². The summed E-state index contributed by atoms with van der Waals surface area (Å²) in [4.78, 5) is 35.4. The average Bonchev–Trinajstić information content (AvgIpc) is 2.71. The second kappa shape index (κ2) is 6.02. The molecular weight excluding hydrogens is 356 g/mol. The number of aromatic amines is 1. The third kappa shape index (κ3) is 2.44. The van der Waals surface area contributed by atoms with Crippen LogP contribution in [0.1, 0.15) is 0 Å². The molecule has 3 heterocycles. The second-order valence-electron chi connectivity index (χ2n) is 6.38. The van der Waals surface area contributed by atoms with E-state index in [1.165, 1.54) is 0 Å². The van der Waals surface area contributed by atoms with Crippen LogP contribution in [0.5, 0.6) is 5.75 Å². The fourth-order valence-corrected chi connectivity index (χ4v) is 3.39. The van der Waals surface area contributed by atoms with Crippen molar-refractivity contribution in [2.75, 3.05) is 7.11 Å². The van der Waals surface area contributed by atoms with E-state index >= 15 is 0 Å². The van der Waals surface area contributed by atoms with Gasteiger partial charge in [0.2, 0.25) is 0 Å². The number of hydrogen-bond donors (Lipinski definition) is 1. The summed E-state index contributed by atoms with van der Waals surface area (Å²) in [7, 11) is 1.59. The molecule has 0 fully saturated rings. The smallest absolute Gasteiger partial charge is 0.349 e. The highest BCUT2D eigenvalue weighted by Crippen LogP contribution is 2.29. The Morgan fingerprint density at radius 1 is 0.929 bits per heavy atom. The van der Waals surface area contributed by atoms with Crippen molar-refractivity contribution >= 4 is 21.9 Å². The maximum absolute atomic E-state index is 12.4. The zero-order valence-electron chi connectivity index (χ0n) is 14.8. The van der Waals surface area contributed by atoms with E-state index in [0.717, 1.165) is 22.0 Å². The molecule has 7 heteroatoms. The van der Waals surface area contributed by atoms with Gasteiger partial charge in [0.05, 0.1) is 18.2 Å². The van der Waals surface area contributed by atoms with Crippen molar-refractivity contribution in [2.24, 2.45) is 0 Å². The van der Waals surface area contributed by atoms with E-state index in [0.29, 0.717) is 17.0 Å². The number of H-pyrrole nitrogens is 1. The molecule has 0 saturated carbocycles. The first-order valence-corrected chi connectivity index (χ1v) is 8.64. The Kier molecular flexibility index (Phi) is 3.48. The first kappa shape index (κ1) is 16.2. The summed E-state index contributed by atoms with van der Waals surface area (Å²) >= 11 is 0. The van der Waals surface area contributed by atoms with Gasteiger partial charge in [0.25, 0.3) is 5.56 Å². The predicted octanol–water partition coefficient (Wildman–Crippen LogP) is 2.74. The molecule has 0 spiro atoms. The number of methoxy groups -OCH3 is 1. The maximum Gasteiger partial charge on any atom is 0.349 e. The van der Waals surface area contributed by atoms with Crippen molar-refractivity contribution in [3.05, 3.63) is 81.5 Å². The lowest BCUT2D eigenvalue weighted by molar-refractivity contribution is 0.415. The van der Waals surface area contributed by atoms with Gasteiger partial charge in [-0.2, -0.15) is 4.98 Å². The van der Waals surface area contributed by atoms with Crippen LogP contribution in [0.25, 0.3) is 39.0 Å². The van der Waals surface area contributed by atoms with Crippen LogP contribution >= 0.6 is 0 Å². The third-order valence-electron chi connectivity index (χ3n) is 4.70. The Labute approximate surface area is 158 Å². The minimum absolute atomic E-state index is 0.259. The summed E-state index contributed by atoms with van der Waals surface area (Å²) in [6.07, 6.45) is 0. The Morgan fingerprint density at radius 3 is 2.50 bits per heavy atom. The van der Waals surface area contributed by atoms with E-state index in [1.54, 1.807) is 29.9 Å². The van der Waals surface area contributed by atoms with Gasteiger partial charge in [-0.15, -0.1) is 0 Å². The highest BCUT2D eigenvalue weighted by molar-refractivity contribution is 5.94. The van der Waals surface area contributed by atoms with E-state index in [4.69, 9.17) is 9.72 Å². The lowest BCUT2D eigenvalue weighted by Crippen LogP contribution is -2.27. The largest absolute Gasteiger partial charge is 0.497 e. The molecule has 0 amide bonds.